The zero-order valence-electron chi connectivity index (χ0n) is 21.5. The van der Waals surface area contributed by atoms with Crippen molar-refractivity contribution < 1.29 is 14.3 Å². The Morgan fingerprint density at radius 3 is 2.24 bits per heavy atom. The van der Waals surface area contributed by atoms with Gasteiger partial charge in [0.05, 0.1) is 17.6 Å². The molecule has 2 aliphatic heterocycles. The number of likely N-dealkylation sites (tertiary alicyclic amines) is 1. The van der Waals surface area contributed by atoms with Crippen molar-refractivity contribution in [3.63, 3.8) is 0 Å². The largest absolute Gasteiger partial charge is 0.416 e. The first-order valence-corrected chi connectivity index (χ1v) is 13.1. The minimum absolute atomic E-state index is 0.192. The Morgan fingerprint density at radius 1 is 0.789 bits per heavy atom. The molecule has 0 aliphatic carbocycles. The van der Waals surface area contributed by atoms with Gasteiger partial charge in [-0.2, -0.15) is 0 Å². The second-order valence-electron chi connectivity index (χ2n) is 9.70. The Bertz CT molecular complexity index is 1190. The van der Waals surface area contributed by atoms with Gasteiger partial charge >= 0.3 is 6.09 Å². The van der Waals surface area contributed by atoms with Crippen molar-refractivity contribution in [2.24, 2.45) is 0 Å². The van der Waals surface area contributed by atoms with Crippen molar-refractivity contribution in [2.45, 2.75) is 32.4 Å². The molecule has 3 aromatic rings. The lowest BCUT2D eigenvalue weighted by molar-refractivity contribution is 0.102. The van der Waals surface area contributed by atoms with Crippen LogP contribution < -0.4 is 10.1 Å². The molecule has 0 saturated carbocycles. The summed E-state index contributed by atoms with van der Waals surface area (Å²) in [4.78, 5) is 44.2. The smallest absolute Gasteiger partial charge is 0.391 e. The van der Waals surface area contributed by atoms with Gasteiger partial charge in [0.1, 0.15) is 0 Å². The van der Waals surface area contributed by atoms with E-state index in [0.717, 1.165) is 38.4 Å². The molecule has 0 unspecified atom stereocenters. The van der Waals surface area contributed by atoms with Gasteiger partial charge in [0.25, 0.3) is 5.91 Å². The molecule has 4 heterocycles. The molecule has 0 radical (unpaired) electrons. The predicted octanol–water partition coefficient (Wildman–Crippen LogP) is 3.43. The summed E-state index contributed by atoms with van der Waals surface area (Å²) < 4.78 is 5.45. The number of benzene rings is 1. The molecular weight excluding hydrogens is 482 g/mol. The lowest BCUT2D eigenvalue weighted by atomic mass is 10.1. The van der Waals surface area contributed by atoms with E-state index in [1.807, 2.05) is 24.3 Å². The van der Waals surface area contributed by atoms with E-state index in [0.29, 0.717) is 30.9 Å². The molecule has 2 fully saturated rings. The number of amides is 2. The monoisotopic (exact) mass is 515 g/mol. The van der Waals surface area contributed by atoms with E-state index in [4.69, 9.17) is 4.74 Å². The fraction of sp³-hybridized carbons (Fsp3) is 0.393. The van der Waals surface area contributed by atoms with E-state index < -0.39 is 6.09 Å². The van der Waals surface area contributed by atoms with Crippen LogP contribution in [0.15, 0.2) is 61.2 Å². The summed E-state index contributed by atoms with van der Waals surface area (Å²) in [6.45, 7) is 6.48. The molecule has 2 aromatic heterocycles. The minimum Gasteiger partial charge on any atom is -0.391 e. The average molecular weight is 516 g/mol. The minimum atomic E-state index is -0.432. The summed E-state index contributed by atoms with van der Waals surface area (Å²) in [7, 11) is 0. The number of nitrogens with zero attached hydrogens (tertiary/aromatic N) is 6. The first-order valence-electron chi connectivity index (χ1n) is 13.1. The molecule has 0 atom stereocenters. The maximum Gasteiger partial charge on any atom is 0.416 e. The SMILES string of the molecule is O=C(Nc1ccc(OC(=O)N2CCN(Cc3cnccn3)CC2)nc1)c1ccc(CN2CCCCC2)cc1. The molecule has 0 bridgehead atoms. The third-order valence-corrected chi connectivity index (χ3v) is 6.89. The van der Waals surface area contributed by atoms with Gasteiger partial charge < -0.3 is 15.0 Å². The fourth-order valence-corrected chi connectivity index (χ4v) is 4.74. The maximum absolute atomic E-state index is 12.7. The number of hydrogen-bond acceptors (Lipinski definition) is 8. The van der Waals surface area contributed by atoms with Gasteiger partial charge in [0.2, 0.25) is 5.88 Å². The van der Waals surface area contributed by atoms with E-state index in [1.54, 1.807) is 35.6 Å². The quantitative estimate of drug-likeness (QED) is 0.511. The highest BCUT2D eigenvalue weighted by Crippen LogP contribution is 2.17. The van der Waals surface area contributed by atoms with E-state index in [-0.39, 0.29) is 11.8 Å². The van der Waals surface area contributed by atoms with Gasteiger partial charge in [-0.3, -0.25) is 24.6 Å². The molecule has 1 aromatic carbocycles. The van der Waals surface area contributed by atoms with Gasteiger partial charge in [0.15, 0.2) is 0 Å². The Kier molecular flexibility index (Phi) is 8.52. The number of piperazine rings is 1. The Hall–Kier alpha value is -3.89. The van der Waals surface area contributed by atoms with Crippen LogP contribution in [-0.4, -0.2) is 80.9 Å². The number of carbonyl (C=O) groups is 2. The normalized spacial score (nSPS) is 16.7. The first-order chi connectivity index (χ1) is 18.6. The Morgan fingerprint density at radius 2 is 1.55 bits per heavy atom. The lowest BCUT2D eigenvalue weighted by Crippen LogP contribution is -2.49. The number of carbonyl (C=O) groups excluding carboxylic acids is 2. The van der Waals surface area contributed by atoms with Crippen LogP contribution in [0.5, 0.6) is 5.88 Å². The standard InChI is InChI=1S/C28H33N7O3/c36-27(23-6-4-22(5-7-23)20-33-12-2-1-3-13-33)32-24-8-9-26(31-19-24)38-28(37)35-16-14-34(15-17-35)21-25-18-29-10-11-30-25/h4-11,18-19H,1-3,12-17,20-21H2,(H,32,36). The van der Waals surface area contributed by atoms with E-state index in [2.05, 4.69) is 30.1 Å². The number of pyridine rings is 1. The first kappa shape index (κ1) is 25.7. The highest BCUT2D eigenvalue weighted by atomic mass is 16.6. The van der Waals surface area contributed by atoms with Gasteiger partial charge in [-0.05, 0) is 49.7 Å². The van der Waals surface area contributed by atoms with Crippen LogP contribution in [0, 0.1) is 0 Å². The van der Waals surface area contributed by atoms with Crippen LogP contribution in [0.3, 0.4) is 0 Å². The molecule has 2 amide bonds. The average Bonchev–Trinajstić information content (AvgIpc) is 2.96. The second-order valence-corrected chi connectivity index (χ2v) is 9.70. The van der Waals surface area contributed by atoms with Gasteiger partial charge in [-0.25, -0.2) is 9.78 Å². The topological polar surface area (TPSA) is 104 Å². The van der Waals surface area contributed by atoms with Gasteiger partial charge in [-0.1, -0.05) is 18.6 Å². The van der Waals surface area contributed by atoms with Crippen molar-refractivity contribution in [3.05, 3.63) is 78.0 Å². The van der Waals surface area contributed by atoms with Crippen LogP contribution in [0.25, 0.3) is 0 Å². The highest BCUT2D eigenvalue weighted by Gasteiger charge is 2.23. The van der Waals surface area contributed by atoms with Crippen molar-refractivity contribution in [1.82, 2.24) is 29.7 Å². The summed E-state index contributed by atoms with van der Waals surface area (Å²) in [6, 6.07) is 11.0. The summed E-state index contributed by atoms with van der Waals surface area (Å²) in [6.07, 6.45) is 9.98. The summed E-state index contributed by atoms with van der Waals surface area (Å²) in [5.74, 6) is -0.0162. The molecule has 198 valence electrons. The lowest BCUT2D eigenvalue weighted by Gasteiger charge is -2.33. The molecule has 10 nitrogen and oxygen atoms in total. The Balaban J connectivity index is 1.06. The third kappa shape index (κ3) is 7.11. The number of ether oxygens (including phenoxy) is 1. The van der Waals surface area contributed by atoms with Crippen LogP contribution in [-0.2, 0) is 13.1 Å². The van der Waals surface area contributed by atoms with Crippen molar-refractivity contribution in [1.29, 1.82) is 0 Å². The molecule has 38 heavy (non-hydrogen) atoms. The van der Waals surface area contributed by atoms with Crippen LogP contribution >= 0.6 is 0 Å². The van der Waals surface area contributed by atoms with Gasteiger partial charge in [-0.15, -0.1) is 0 Å². The van der Waals surface area contributed by atoms with Crippen LogP contribution in [0.2, 0.25) is 0 Å². The molecule has 2 saturated heterocycles. The maximum atomic E-state index is 12.7. The summed E-state index contributed by atoms with van der Waals surface area (Å²) >= 11 is 0. The number of rotatable bonds is 7. The fourth-order valence-electron chi connectivity index (χ4n) is 4.74. The predicted molar refractivity (Wildman–Crippen MR) is 143 cm³/mol. The number of hydrogen-bond donors (Lipinski definition) is 1. The third-order valence-electron chi connectivity index (χ3n) is 6.89. The summed E-state index contributed by atoms with van der Waals surface area (Å²) in [5.41, 5.74) is 3.24. The van der Waals surface area contributed by atoms with Crippen molar-refractivity contribution in [3.8, 4) is 5.88 Å². The number of anilines is 1. The van der Waals surface area contributed by atoms with Crippen molar-refractivity contribution in [2.75, 3.05) is 44.6 Å². The van der Waals surface area contributed by atoms with E-state index in [9.17, 15) is 9.59 Å². The van der Waals surface area contributed by atoms with E-state index >= 15 is 0 Å². The van der Waals surface area contributed by atoms with Gasteiger partial charge in [0, 0.05) is 69.5 Å². The number of piperidine rings is 1. The summed E-state index contributed by atoms with van der Waals surface area (Å²) in [5, 5.41) is 2.85. The Labute approximate surface area is 222 Å². The number of aromatic nitrogens is 3. The molecule has 0 spiro atoms. The highest BCUT2D eigenvalue weighted by molar-refractivity contribution is 6.04. The molecule has 10 heteroatoms. The van der Waals surface area contributed by atoms with Crippen LogP contribution in [0.1, 0.15) is 40.9 Å². The molecular formula is C28H33N7O3. The zero-order chi connectivity index (χ0) is 26.2. The van der Waals surface area contributed by atoms with E-state index in [1.165, 1.54) is 31.0 Å². The number of nitrogens with one attached hydrogen (secondary N) is 1. The zero-order valence-corrected chi connectivity index (χ0v) is 21.5. The molecule has 5 rings (SSSR count). The molecule has 1 N–H and O–H groups in total. The molecule has 2 aliphatic rings. The second kappa shape index (κ2) is 12.6. The van der Waals surface area contributed by atoms with Crippen molar-refractivity contribution >= 4 is 17.7 Å². The van der Waals surface area contributed by atoms with Crippen LogP contribution in [0.4, 0.5) is 10.5 Å².